The van der Waals surface area contributed by atoms with Crippen molar-refractivity contribution in [3.63, 3.8) is 0 Å². The number of allylic oxidation sites excluding steroid dienone is 1. The summed E-state index contributed by atoms with van der Waals surface area (Å²) in [6.45, 7) is 14.9. The molecule has 4 nitrogen and oxygen atoms in total. The second kappa shape index (κ2) is 11.2. The summed E-state index contributed by atoms with van der Waals surface area (Å²) in [5.74, 6) is 0. The van der Waals surface area contributed by atoms with Gasteiger partial charge in [0.05, 0.1) is 16.2 Å². The predicted octanol–water partition coefficient (Wildman–Crippen LogP) is 6.46. The first-order valence-corrected chi connectivity index (χ1v) is 11.4. The van der Waals surface area contributed by atoms with E-state index in [1.54, 1.807) is 6.08 Å². The summed E-state index contributed by atoms with van der Waals surface area (Å²) in [7, 11) is 2.19. The molecule has 164 valence electrons. The van der Waals surface area contributed by atoms with E-state index < -0.39 is 0 Å². The summed E-state index contributed by atoms with van der Waals surface area (Å²) in [4.78, 5) is 12.5. The normalized spacial score (nSPS) is 14.2. The van der Waals surface area contributed by atoms with Crippen LogP contribution in [0.3, 0.4) is 0 Å². The molecule has 1 aliphatic rings. The lowest BCUT2D eigenvalue weighted by molar-refractivity contribution is 0.182. The molecule has 1 aliphatic heterocycles. The molecule has 3 aromatic rings. The highest BCUT2D eigenvalue weighted by molar-refractivity contribution is 6.35. The monoisotopic (exact) mass is 436 g/mol. The Balaban J connectivity index is 0.000000187. The van der Waals surface area contributed by atoms with Crippen LogP contribution in [-0.4, -0.2) is 53.0 Å². The Hall–Kier alpha value is -2.56. The molecule has 0 atom stereocenters. The van der Waals surface area contributed by atoms with Crippen LogP contribution in [0.2, 0.25) is 5.02 Å². The van der Waals surface area contributed by atoms with Crippen molar-refractivity contribution in [2.24, 2.45) is 0 Å². The summed E-state index contributed by atoms with van der Waals surface area (Å²) in [5, 5.41) is 1.67. The lowest BCUT2D eigenvalue weighted by atomic mass is 10.1. The lowest BCUT2D eigenvalue weighted by Gasteiger charge is -2.35. The van der Waals surface area contributed by atoms with E-state index >= 15 is 0 Å². The molecule has 3 heterocycles. The molecule has 0 unspecified atom stereocenters. The number of benzene rings is 1. The highest BCUT2D eigenvalue weighted by Gasteiger charge is 2.14. The zero-order chi connectivity index (χ0) is 22.2. The van der Waals surface area contributed by atoms with E-state index in [0.717, 1.165) is 27.7 Å². The summed E-state index contributed by atoms with van der Waals surface area (Å²) >= 11 is 6.30. The Morgan fingerprint density at radius 2 is 1.97 bits per heavy atom. The van der Waals surface area contributed by atoms with Gasteiger partial charge in [-0.25, -0.2) is 4.98 Å². The van der Waals surface area contributed by atoms with Gasteiger partial charge in [-0.05, 0) is 43.7 Å². The molecule has 2 aromatic heterocycles. The van der Waals surface area contributed by atoms with E-state index in [-0.39, 0.29) is 0 Å². The molecular weight excluding hydrogens is 404 g/mol. The van der Waals surface area contributed by atoms with Crippen molar-refractivity contribution in [2.45, 2.75) is 26.2 Å². The van der Waals surface area contributed by atoms with Crippen molar-refractivity contribution >= 4 is 28.6 Å². The molecule has 1 fully saturated rings. The topological polar surface area (TPSA) is 35.2 Å². The number of likely N-dealkylation sites (N-methyl/N-ethyl adjacent to an activating group) is 1. The third-order valence-electron chi connectivity index (χ3n) is 5.68. The van der Waals surface area contributed by atoms with E-state index in [1.807, 2.05) is 42.7 Å². The van der Waals surface area contributed by atoms with Crippen LogP contribution in [-0.2, 0) is 0 Å². The Bertz CT molecular complexity index is 1000. The van der Waals surface area contributed by atoms with Crippen molar-refractivity contribution in [2.75, 3.05) is 33.2 Å². The average molecular weight is 437 g/mol. The smallest absolute Gasteiger partial charge is 0.0739 e. The minimum absolute atomic E-state index is 0.715. The standard InChI is InChI=1S/C15H11ClN2.C11H22N2/c1-2-10-3-4-12-13(16)8-14(18-15(12)7-10)11-5-6-17-9-11;1-4-5-6-11(2)13-9-7-12(3)8-10-13/h2-9,17H,1H2;2,4-10H2,1,3H3. The van der Waals surface area contributed by atoms with Gasteiger partial charge >= 0.3 is 0 Å². The van der Waals surface area contributed by atoms with Crippen molar-refractivity contribution in [3.05, 3.63) is 72.2 Å². The number of hydrogen-bond donors (Lipinski definition) is 1. The van der Waals surface area contributed by atoms with Crippen molar-refractivity contribution in [3.8, 4) is 11.3 Å². The molecule has 0 spiro atoms. The molecular formula is C26H33ClN4. The van der Waals surface area contributed by atoms with Gasteiger partial charge in [0.25, 0.3) is 0 Å². The highest BCUT2D eigenvalue weighted by atomic mass is 35.5. The number of fused-ring (bicyclic) bond motifs is 1. The van der Waals surface area contributed by atoms with E-state index in [1.165, 1.54) is 51.1 Å². The van der Waals surface area contributed by atoms with Gasteiger partial charge in [0.15, 0.2) is 0 Å². The van der Waals surface area contributed by atoms with Crippen LogP contribution < -0.4 is 0 Å². The van der Waals surface area contributed by atoms with Crippen LogP contribution in [0.5, 0.6) is 0 Å². The molecule has 0 amide bonds. The maximum atomic E-state index is 6.30. The summed E-state index contributed by atoms with van der Waals surface area (Å²) in [6, 6.07) is 9.81. The zero-order valence-corrected chi connectivity index (χ0v) is 19.5. The Labute approximate surface area is 191 Å². The van der Waals surface area contributed by atoms with Gasteiger partial charge in [-0.1, -0.05) is 56.3 Å². The quantitative estimate of drug-likeness (QED) is 0.481. The molecule has 4 rings (SSSR count). The zero-order valence-electron chi connectivity index (χ0n) is 18.7. The molecule has 0 aliphatic carbocycles. The third-order valence-corrected chi connectivity index (χ3v) is 5.99. The minimum Gasteiger partial charge on any atom is -0.373 e. The lowest BCUT2D eigenvalue weighted by Crippen LogP contribution is -2.43. The van der Waals surface area contributed by atoms with Crippen molar-refractivity contribution in [1.82, 2.24) is 19.8 Å². The van der Waals surface area contributed by atoms with Crippen LogP contribution in [0, 0.1) is 0 Å². The fraction of sp³-hybridized carbons (Fsp3) is 0.346. The Morgan fingerprint density at radius 3 is 2.61 bits per heavy atom. The number of nitrogens with zero attached hydrogens (tertiary/aromatic N) is 3. The average Bonchev–Trinajstić information content (AvgIpc) is 3.33. The van der Waals surface area contributed by atoms with Crippen LogP contribution in [0.25, 0.3) is 28.2 Å². The third kappa shape index (κ3) is 6.22. The van der Waals surface area contributed by atoms with Gasteiger partial charge in [-0.15, -0.1) is 0 Å². The molecule has 1 saturated heterocycles. The molecule has 0 bridgehead atoms. The Kier molecular flexibility index (Phi) is 8.33. The molecule has 1 aromatic carbocycles. The highest BCUT2D eigenvalue weighted by Crippen LogP contribution is 2.28. The molecule has 0 radical (unpaired) electrons. The van der Waals surface area contributed by atoms with E-state index in [9.17, 15) is 0 Å². The number of piperazine rings is 1. The van der Waals surface area contributed by atoms with E-state index in [4.69, 9.17) is 11.6 Å². The predicted molar refractivity (Wildman–Crippen MR) is 134 cm³/mol. The van der Waals surface area contributed by atoms with Crippen molar-refractivity contribution < 1.29 is 0 Å². The second-order valence-corrected chi connectivity index (χ2v) is 8.44. The maximum absolute atomic E-state index is 6.30. The number of aromatic amines is 1. The van der Waals surface area contributed by atoms with Gasteiger partial charge in [0.2, 0.25) is 0 Å². The number of aromatic nitrogens is 2. The molecule has 5 heteroatoms. The summed E-state index contributed by atoms with van der Waals surface area (Å²) in [5.41, 5.74) is 5.17. The fourth-order valence-electron chi connectivity index (χ4n) is 3.62. The number of nitrogens with one attached hydrogen (secondary N) is 1. The summed E-state index contributed by atoms with van der Waals surface area (Å²) < 4.78 is 0. The number of rotatable bonds is 6. The molecule has 0 saturated carbocycles. The molecule has 1 N–H and O–H groups in total. The number of pyridine rings is 1. The van der Waals surface area contributed by atoms with Crippen molar-refractivity contribution in [1.29, 1.82) is 0 Å². The van der Waals surface area contributed by atoms with Crippen LogP contribution in [0.4, 0.5) is 0 Å². The van der Waals surface area contributed by atoms with Crippen LogP contribution in [0.15, 0.2) is 61.6 Å². The number of halogens is 1. The summed E-state index contributed by atoms with van der Waals surface area (Å²) in [6.07, 6.45) is 9.31. The van der Waals surface area contributed by atoms with E-state index in [0.29, 0.717) is 5.02 Å². The van der Waals surface area contributed by atoms with Gasteiger partial charge in [-0.2, -0.15) is 0 Å². The SMILES string of the molecule is C=C(CCCC)N1CCN(C)CC1.C=Cc1ccc2c(Cl)cc(-c3cc[nH]c3)nc2c1. The molecule has 31 heavy (non-hydrogen) atoms. The van der Waals surface area contributed by atoms with Gasteiger partial charge in [0, 0.05) is 55.2 Å². The second-order valence-electron chi connectivity index (χ2n) is 8.03. The first kappa shape index (κ1) is 23.1. The number of unbranched alkanes of at least 4 members (excludes halogenated alkanes) is 1. The maximum Gasteiger partial charge on any atom is 0.0739 e. The first-order valence-electron chi connectivity index (χ1n) is 11.0. The van der Waals surface area contributed by atoms with Gasteiger partial charge in [-0.3, -0.25) is 0 Å². The largest absolute Gasteiger partial charge is 0.373 e. The first-order chi connectivity index (χ1) is 15.0. The Morgan fingerprint density at radius 1 is 1.19 bits per heavy atom. The van der Waals surface area contributed by atoms with E-state index in [2.05, 4.69) is 46.9 Å². The van der Waals surface area contributed by atoms with Crippen LogP contribution in [0.1, 0.15) is 31.7 Å². The number of hydrogen-bond acceptors (Lipinski definition) is 3. The van der Waals surface area contributed by atoms with Crippen LogP contribution >= 0.6 is 11.6 Å². The fourth-order valence-corrected chi connectivity index (χ4v) is 3.89. The minimum atomic E-state index is 0.715. The van der Waals surface area contributed by atoms with Gasteiger partial charge in [0.1, 0.15) is 0 Å². The number of H-pyrrole nitrogens is 1. The van der Waals surface area contributed by atoms with Gasteiger partial charge < -0.3 is 14.8 Å².